The lowest BCUT2D eigenvalue weighted by atomic mass is 9.90. The molecule has 0 aliphatic rings. The third kappa shape index (κ3) is 5.04. The Morgan fingerprint density at radius 2 is 1.88 bits per heavy atom. The molecular formula is C17H25N3O4. The number of nitrogens with zero attached hydrogens (tertiary/aromatic N) is 2. The van der Waals surface area contributed by atoms with Crippen molar-refractivity contribution < 1.29 is 19.5 Å². The molecule has 0 aliphatic carbocycles. The Hall–Kier alpha value is -2.44. The Bertz CT molecular complexity index is 635. The lowest BCUT2D eigenvalue weighted by Gasteiger charge is -2.26. The molecule has 7 nitrogen and oxygen atoms in total. The van der Waals surface area contributed by atoms with Gasteiger partial charge in [-0.1, -0.05) is 27.7 Å². The zero-order valence-corrected chi connectivity index (χ0v) is 14.8. The molecule has 1 aromatic heterocycles. The molecule has 0 fully saturated rings. The van der Waals surface area contributed by atoms with Crippen LogP contribution >= 0.6 is 0 Å². The number of amides is 1. The Morgan fingerprint density at radius 1 is 1.25 bits per heavy atom. The van der Waals surface area contributed by atoms with Crippen LogP contribution in [-0.4, -0.2) is 40.8 Å². The smallest absolute Gasteiger partial charge is 0.339 e. The summed E-state index contributed by atoms with van der Waals surface area (Å²) in [7, 11) is 0. The second kappa shape index (κ2) is 7.90. The van der Waals surface area contributed by atoms with Crippen LogP contribution in [0.4, 0.5) is 11.5 Å². The number of hydrogen-bond acceptors (Lipinski definition) is 5. The summed E-state index contributed by atoms with van der Waals surface area (Å²) in [4.78, 5) is 41.1. The van der Waals surface area contributed by atoms with Crippen LogP contribution < -0.4 is 10.2 Å². The van der Waals surface area contributed by atoms with Gasteiger partial charge in [-0.25, -0.2) is 9.78 Å². The van der Waals surface area contributed by atoms with Crippen molar-refractivity contribution in [3.63, 3.8) is 0 Å². The molecule has 0 atom stereocenters. The monoisotopic (exact) mass is 335 g/mol. The number of pyridine rings is 1. The zero-order chi connectivity index (χ0) is 18.5. The summed E-state index contributed by atoms with van der Waals surface area (Å²) in [5.41, 5.74) is -0.250. The highest BCUT2D eigenvalue weighted by molar-refractivity contribution is 5.98. The van der Waals surface area contributed by atoms with Gasteiger partial charge in [0.1, 0.15) is 11.4 Å². The summed E-state index contributed by atoms with van der Waals surface area (Å²) < 4.78 is 0. The maximum atomic E-state index is 12.3. The predicted octanol–water partition coefficient (Wildman–Crippen LogP) is 2.57. The molecule has 0 saturated heterocycles. The third-order valence-electron chi connectivity index (χ3n) is 3.55. The minimum atomic E-state index is -1.16. The van der Waals surface area contributed by atoms with Crippen molar-refractivity contribution in [1.29, 1.82) is 0 Å². The number of anilines is 2. The van der Waals surface area contributed by atoms with Gasteiger partial charge in [-0.3, -0.25) is 9.59 Å². The van der Waals surface area contributed by atoms with Crippen molar-refractivity contribution in [1.82, 2.24) is 4.98 Å². The molecule has 0 bridgehead atoms. The Morgan fingerprint density at radius 3 is 2.33 bits per heavy atom. The van der Waals surface area contributed by atoms with Gasteiger partial charge in [-0.15, -0.1) is 0 Å². The van der Waals surface area contributed by atoms with Crippen molar-refractivity contribution in [2.24, 2.45) is 5.41 Å². The lowest BCUT2D eigenvalue weighted by molar-refractivity contribution is -0.124. The number of carbonyl (C=O) groups is 3. The van der Waals surface area contributed by atoms with Gasteiger partial charge in [-0.05, 0) is 13.0 Å². The molecule has 0 unspecified atom stereocenters. The average molecular weight is 335 g/mol. The van der Waals surface area contributed by atoms with Crippen LogP contribution in [0.25, 0.3) is 0 Å². The van der Waals surface area contributed by atoms with E-state index in [1.165, 1.54) is 12.3 Å². The number of hydrogen-bond donors (Lipinski definition) is 2. The predicted molar refractivity (Wildman–Crippen MR) is 92.5 cm³/mol. The molecule has 0 saturated carbocycles. The van der Waals surface area contributed by atoms with E-state index in [1.807, 2.05) is 27.7 Å². The molecule has 1 aromatic rings. The first-order valence-corrected chi connectivity index (χ1v) is 7.91. The number of Topliss-reactive ketones (excluding diaryl/α,β-unsaturated/α-hetero) is 1. The Labute approximate surface area is 142 Å². The Kier molecular flexibility index (Phi) is 6.45. The normalized spacial score (nSPS) is 11.0. The van der Waals surface area contributed by atoms with Gasteiger partial charge in [0.05, 0.1) is 18.4 Å². The minimum Gasteiger partial charge on any atom is -0.478 e. The number of carbonyl (C=O) groups excluding carboxylic acids is 2. The number of aromatic carboxylic acids is 1. The van der Waals surface area contributed by atoms with Crippen LogP contribution in [-0.2, 0) is 9.59 Å². The van der Waals surface area contributed by atoms with Crippen molar-refractivity contribution in [3.05, 3.63) is 17.8 Å². The molecule has 0 spiro atoms. The molecule has 0 radical (unpaired) electrons. The van der Waals surface area contributed by atoms with E-state index in [9.17, 15) is 19.5 Å². The number of likely N-dealkylation sites (N-methyl/N-ethyl adjacent to an activating group) is 1. The first-order valence-electron chi connectivity index (χ1n) is 7.91. The van der Waals surface area contributed by atoms with Gasteiger partial charge in [-0.2, -0.15) is 0 Å². The van der Waals surface area contributed by atoms with E-state index >= 15 is 0 Å². The van der Waals surface area contributed by atoms with E-state index in [0.29, 0.717) is 12.2 Å². The second-order valence-corrected chi connectivity index (χ2v) is 6.49. The molecule has 1 heterocycles. The maximum absolute atomic E-state index is 12.3. The first kappa shape index (κ1) is 19.6. The summed E-state index contributed by atoms with van der Waals surface area (Å²) in [5.74, 6) is -1.18. The van der Waals surface area contributed by atoms with Crippen LogP contribution in [0.15, 0.2) is 12.3 Å². The van der Waals surface area contributed by atoms with Gasteiger partial charge in [0.15, 0.2) is 5.78 Å². The van der Waals surface area contributed by atoms with Gasteiger partial charge >= 0.3 is 5.97 Å². The molecule has 132 valence electrons. The molecule has 24 heavy (non-hydrogen) atoms. The number of rotatable bonds is 7. The SMILES string of the molecule is CCC(=O)Nc1cnc(N(CC)CC(=O)C(C)(C)C)c(C(=O)O)c1. The van der Waals surface area contributed by atoms with E-state index in [2.05, 4.69) is 10.3 Å². The quantitative estimate of drug-likeness (QED) is 0.794. The molecule has 2 N–H and O–H groups in total. The highest BCUT2D eigenvalue weighted by Crippen LogP contribution is 2.23. The summed E-state index contributed by atoms with van der Waals surface area (Å²) in [6.45, 7) is 9.50. The summed E-state index contributed by atoms with van der Waals surface area (Å²) in [5, 5.41) is 12.0. The van der Waals surface area contributed by atoms with E-state index in [4.69, 9.17) is 0 Å². The lowest BCUT2D eigenvalue weighted by Crippen LogP contribution is -2.37. The van der Waals surface area contributed by atoms with Crippen LogP contribution in [0.3, 0.4) is 0 Å². The zero-order valence-electron chi connectivity index (χ0n) is 14.8. The third-order valence-corrected chi connectivity index (χ3v) is 3.55. The molecule has 1 rings (SSSR count). The standard InChI is InChI=1S/C17H25N3O4/c1-6-14(22)19-11-8-12(16(23)24)15(18-9-11)20(7-2)10-13(21)17(3,4)5/h8-9H,6-7,10H2,1-5H3,(H,19,22)(H,23,24). The first-order chi connectivity index (χ1) is 11.1. The van der Waals surface area contributed by atoms with Gasteiger partial charge < -0.3 is 15.3 Å². The summed E-state index contributed by atoms with van der Waals surface area (Å²) in [6.07, 6.45) is 1.69. The van der Waals surface area contributed by atoms with Gasteiger partial charge in [0.25, 0.3) is 0 Å². The summed E-state index contributed by atoms with van der Waals surface area (Å²) in [6, 6.07) is 1.36. The summed E-state index contributed by atoms with van der Waals surface area (Å²) >= 11 is 0. The van der Waals surface area contributed by atoms with Crippen LogP contribution in [0.5, 0.6) is 0 Å². The largest absolute Gasteiger partial charge is 0.478 e. The van der Waals surface area contributed by atoms with E-state index in [-0.39, 0.29) is 36.0 Å². The average Bonchev–Trinajstić information content (AvgIpc) is 2.51. The minimum absolute atomic E-state index is 0.00847. The van der Waals surface area contributed by atoms with Gasteiger partial charge in [0.2, 0.25) is 5.91 Å². The number of aromatic nitrogens is 1. The van der Waals surface area contributed by atoms with Crippen LogP contribution in [0, 0.1) is 5.41 Å². The number of carboxylic acid groups (broad SMARTS) is 1. The Balaban J connectivity index is 3.18. The molecule has 7 heteroatoms. The van der Waals surface area contributed by atoms with Crippen molar-refractivity contribution in [3.8, 4) is 0 Å². The van der Waals surface area contributed by atoms with E-state index in [1.54, 1.807) is 11.8 Å². The number of ketones is 1. The second-order valence-electron chi connectivity index (χ2n) is 6.49. The molecule has 0 aliphatic heterocycles. The highest BCUT2D eigenvalue weighted by atomic mass is 16.4. The molecular weight excluding hydrogens is 310 g/mol. The van der Waals surface area contributed by atoms with Crippen LogP contribution in [0.2, 0.25) is 0 Å². The number of carboxylic acids is 1. The fraction of sp³-hybridized carbons (Fsp3) is 0.529. The van der Waals surface area contributed by atoms with Crippen molar-refractivity contribution >= 4 is 29.2 Å². The van der Waals surface area contributed by atoms with E-state index < -0.39 is 11.4 Å². The molecule has 0 aromatic carbocycles. The maximum Gasteiger partial charge on any atom is 0.339 e. The molecule has 1 amide bonds. The fourth-order valence-electron chi connectivity index (χ4n) is 1.93. The fourth-order valence-corrected chi connectivity index (χ4v) is 1.93. The van der Waals surface area contributed by atoms with Gasteiger partial charge in [0, 0.05) is 18.4 Å². The van der Waals surface area contributed by atoms with E-state index in [0.717, 1.165) is 0 Å². The van der Waals surface area contributed by atoms with Crippen molar-refractivity contribution in [2.75, 3.05) is 23.3 Å². The van der Waals surface area contributed by atoms with Crippen LogP contribution in [0.1, 0.15) is 51.4 Å². The number of nitrogens with one attached hydrogen (secondary N) is 1. The highest BCUT2D eigenvalue weighted by Gasteiger charge is 2.26. The topological polar surface area (TPSA) is 99.6 Å². The van der Waals surface area contributed by atoms with Crippen molar-refractivity contribution in [2.45, 2.75) is 41.0 Å².